The Morgan fingerprint density at radius 1 is 1.11 bits per heavy atom. The van der Waals surface area contributed by atoms with E-state index in [0.29, 0.717) is 66.0 Å². The molecular weight excluding hydrogens is 508 g/mol. The van der Waals surface area contributed by atoms with Crippen LogP contribution in [0.1, 0.15) is 23.2 Å². The number of likely N-dealkylation sites (tertiary alicyclic amines) is 1. The summed E-state index contributed by atoms with van der Waals surface area (Å²) in [7, 11) is 0. The number of benzene rings is 2. The van der Waals surface area contributed by atoms with Crippen molar-refractivity contribution < 1.29 is 24.5 Å². The number of carbonyl (C=O) groups is 1. The summed E-state index contributed by atoms with van der Waals surface area (Å²) in [6.07, 6.45) is 0.392. The van der Waals surface area contributed by atoms with Crippen LogP contribution in [0.25, 0.3) is 33.5 Å². The second kappa shape index (κ2) is 10.3. The number of aromatic nitrogens is 3. The van der Waals surface area contributed by atoms with Gasteiger partial charge in [-0.3, -0.25) is 4.79 Å². The lowest BCUT2D eigenvalue weighted by Crippen LogP contribution is -2.29. The Hall–Kier alpha value is -3.50. The summed E-state index contributed by atoms with van der Waals surface area (Å²) in [6.45, 7) is 1.33. The van der Waals surface area contributed by atoms with Crippen molar-refractivity contribution in [1.29, 1.82) is 0 Å². The van der Waals surface area contributed by atoms with E-state index in [0.717, 1.165) is 16.7 Å². The SMILES string of the molecule is O=C(c1ccc(-c2ccc(-c3nc4nc(OC5COC(CO)C5)[nH]c4cc3Cl)cc2)cc1)N1CCC(O)C1. The minimum Gasteiger partial charge on any atom is -0.459 e. The predicted molar refractivity (Wildman–Crippen MR) is 142 cm³/mol. The number of ether oxygens (including phenoxy) is 2. The minimum absolute atomic E-state index is 0.0329. The fourth-order valence-electron chi connectivity index (χ4n) is 4.93. The number of nitrogens with one attached hydrogen (secondary N) is 1. The highest BCUT2D eigenvalue weighted by atomic mass is 35.5. The number of aliphatic hydroxyl groups is 2. The van der Waals surface area contributed by atoms with E-state index >= 15 is 0 Å². The Morgan fingerprint density at radius 2 is 1.82 bits per heavy atom. The highest BCUT2D eigenvalue weighted by molar-refractivity contribution is 6.33. The average Bonchev–Trinajstić information content (AvgIpc) is 3.68. The predicted octanol–water partition coefficient (Wildman–Crippen LogP) is 3.68. The molecule has 2 aromatic heterocycles. The number of amides is 1. The summed E-state index contributed by atoms with van der Waals surface area (Å²) in [4.78, 5) is 26.6. The molecule has 3 unspecified atom stereocenters. The van der Waals surface area contributed by atoms with Gasteiger partial charge in [-0.2, -0.15) is 4.98 Å². The zero-order valence-corrected chi connectivity index (χ0v) is 21.3. The van der Waals surface area contributed by atoms with E-state index in [4.69, 9.17) is 21.1 Å². The number of hydrogen-bond donors (Lipinski definition) is 3. The summed E-state index contributed by atoms with van der Waals surface area (Å²) < 4.78 is 11.3. The zero-order chi connectivity index (χ0) is 26.2. The summed E-state index contributed by atoms with van der Waals surface area (Å²) in [5, 5.41) is 19.4. The maximum Gasteiger partial charge on any atom is 0.296 e. The van der Waals surface area contributed by atoms with Gasteiger partial charge in [0, 0.05) is 30.6 Å². The highest BCUT2D eigenvalue weighted by Gasteiger charge is 2.28. The van der Waals surface area contributed by atoms with Gasteiger partial charge >= 0.3 is 0 Å². The maximum absolute atomic E-state index is 12.6. The molecule has 4 aromatic rings. The molecule has 196 valence electrons. The van der Waals surface area contributed by atoms with Gasteiger partial charge in [-0.05, 0) is 35.7 Å². The Kier molecular flexibility index (Phi) is 6.75. The molecule has 3 N–H and O–H groups in total. The molecule has 2 aliphatic rings. The number of fused-ring (bicyclic) bond motifs is 1. The first kappa shape index (κ1) is 24.8. The molecule has 2 aromatic carbocycles. The number of H-pyrrole nitrogens is 1. The molecule has 2 fully saturated rings. The van der Waals surface area contributed by atoms with E-state index in [9.17, 15) is 15.0 Å². The molecule has 2 saturated heterocycles. The van der Waals surface area contributed by atoms with Crippen molar-refractivity contribution in [3.05, 3.63) is 65.2 Å². The van der Waals surface area contributed by atoms with Crippen LogP contribution in [0, 0.1) is 0 Å². The summed E-state index contributed by atoms with van der Waals surface area (Å²) >= 11 is 6.57. The highest BCUT2D eigenvalue weighted by Crippen LogP contribution is 2.32. The van der Waals surface area contributed by atoms with Crippen LogP contribution in [0.4, 0.5) is 0 Å². The van der Waals surface area contributed by atoms with E-state index in [-0.39, 0.29) is 24.7 Å². The van der Waals surface area contributed by atoms with Gasteiger partial charge in [0.1, 0.15) is 6.10 Å². The van der Waals surface area contributed by atoms with Gasteiger partial charge in [0.15, 0.2) is 5.65 Å². The lowest BCUT2D eigenvalue weighted by atomic mass is 10.0. The molecule has 0 bridgehead atoms. The van der Waals surface area contributed by atoms with E-state index in [1.165, 1.54) is 0 Å². The van der Waals surface area contributed by atoms with Crippen LogP contribution in [-0.4, -0.2) is 80.6 Å². The van der Waals surface area contributed by atoms with Crippen molar-refractivity contribution in [3.8, 4) is 28.4 Å². The van der Waals surface area contributed by atoms with Crippen LogP contribution >= 0.6 is 11.6 Å². The van der Waals surface area contributed by atoms with Gasteiger partial charge in [-0.25, -0.2) is 4.98 Å². The third-order valence-corrected chi connectivity index (χ3v) is 7.29. The molecule has 0 saturated carbocycles. The third-order valence-electron chi connectivity index (χ3n) is 7.00. The van der Waals surface area contributed by atoms with Crippen molar-refractivity contribution in [1.82, 2.24) is 19.9 Å². The largest absolute Gasteiger partial charge is 0.459 e. The van der Waals surface area contributed by atoms with E-state index in [1.54, 1.807) is 11.0 Å². The lowest BCUT2D eigenvalue weighted by Gasteiger charge is -2.15. The van der Waals surface area contributed by atoms with Crippen molar-refractivity contribution in [3.63, 3.8) is 0 Å². The number of hydrogen-bond acceptors (Lipinski definition) is 7. The topological polar surface area (TPSA) is 121 Å². The van der Waals surface area contributed by atoms with Crippen LogP contribution < -0.4 is 4.74 Å². The fraction of sp³-hybridized carbons (Fsp3) is 0.321. The number of rotatable bonds is 6. The molecule has 2 aliphatic heterocycles. The smallest absolute Gasteiger partial charge is 0.296 e. The number of carbonyl (C=O) groups excluding carboxylic acids is 1. The zero-order valence-electron chi connectivity index (χ0n) is 20.5. The van der Waals surface area contributed by atoms with Crippen LogP contribution in [-0.2, 0) is 4.74 Å². The van der Waals surface area contributed by atoms with Crippen LogP contribution in [0.2, 0.25) is 5.02 Å². The monoisotopic (exact) mass is 534 g/mol. The molecule has 1 amide bonds. The standard InChI is InChI=1S/C28H27ClN4O5/c29-23-12-24-26(32-28(30-24)38-22-11-21(14-34)37-15-22)31-25(23)18-5-1-16(2-6-18)17-3-7-19(8-4-17)27(36)33-10-9-20(35)13-33/h1-8,12,20-22,34-35H,9-11,13-15H2,(H,30,31,32). The first-order valence-electron chi connectivity index (χ1n) is 12.6. The molecule has 10 heteroatoms. The Bertz CT molecular complexity index is 1460. The van der Waals surface area contributed by atoms with Gasteiger partial charge in [0.05, 0.1) is 41.7 Å². The van der Waals surface area contributed by atoms with Gasteiger partial charge in [-0.15, -0.1) is 0 Å². The van der Waals surface area contributed by atoms with E-state index in [2.05, 4.69) is 15.0 Å². The summed E-state index contributed by atoms with van der Waals surface area (Å²) in [6, 6.07) is 17.5. The molecule has 0 aliphatic carbocycles. The molecule has 9 nitrogen and oxygen atoms in total. The number of nitrogens with zero attached hydrogens (tertiary/aromatic N) is 3. The van der Waals surface area contributed by atoms with Gasteiger partial charge in [0.2, 0.25) is 0 Å². The normalized spacial score (nSPS) is 21.3. The number of aromatic amines is 1. The Labute approximate surface area is 224 Å². The number of aliphatic hydroxyl groups excluding tert-OH is 2. The van der Waals surface area contributed by atoms with Gasteiger partial charge in [0.25, 0.3) is 11.9 Å². The Morgan fingerprint density at radius 3 is 2.47 bits per heavy atom. The third kappa shape index (κ3) is 4.98. The maximum atomic E-state index is 12.6. The first-order valence-corrected chi connectivity index (χ1v) is 13.0. The average molecular weight is 535 g/mol. The van der Waals surface area contributed by atoms with Gasteiger partial charge < -0.3 is 29.6 Å². The van der Waals surface area contributed by atoms with Crippen molar-refractivity contribution in [2.45, 2.75) is 31.2 Å². The summed E-state index contributed by atoms with van der Waals surface area (Å²) in [5.41, 5.74) is 5.21. The lowest BCUT2D eigenvalue weighted by molar-refractivity contribution is 0.0528. The molecule has 4 heterocycles. The number of pyridine rings is 1. The second-order valence-electron chi connectivity index (χ2n) is 9.69. The van der Waals surface area contributed by atoms with Crippen molar-refractivity contribution in [2.24, 2.45) is 0 Å². The van der Waals surface area contributed by atoms with Crippen LogP contribution in [0.15, 0.2) is 54.6 Å². The van der Waals surface area contributed by atoms with Crippen molar-refractivity contribution in [2.75, 3.05) is 26.3 Å². The fourth-order valence-corrected chi connectivity index (χ4v) is 5.19. The van der Waals surface area contributed by atoms with Crippen molar-refractivity contribution >= 4 is 28.7 Å². The number of imidazole rings is 1. The van der Waals surface area contributed by atoms with Crippen LogP contribution in [0.3, 0.4) is 0 Å². The van der Waals surface area contributed by atoms with E-state index in [1.807, 2.05) is 48.5 Å². The molecule has 0 spiro atoms. The molecule has 6 rings (SSSR count). The minimum atomic E-state index is -0.434. The first-order chi connectivity index (χ1) is 18.5. The summed E-state index contributed by atoms with van der Waals surface area (Å²) in [5.74, 6) is -0.0580. The number of halogens is 1. The van der Waals surface area contributed by atoms with Gasteiger partial charge in [-0.1, -0.05) is 48.0 Å². The molecular formula is C28H27ClN4O5. The molecule has 3 atom stereocenters. The molecule has 38 heavy (non-hydrogen) atoms. The van der Waals surface area contributed by atoms with E-state index < -0.39 is 6.10 Å². The van der Waals surface area contributed by atoms with Crippen LogP contribution in [0.5, 0.6) is 6.01 Å². The molecule has 0 radical (unpaired) electrons. The Balaban J connectivity index is 1.17. The quantitative estimate of drug-likeness (QED) is 0.345. The number of β-amino-alcohol motifs (C(OH)–C–C–N with tert-alkyl or cyclic N) is 1. The second-order valence-corrected chi connectivity index (χ2v) is 10.1.